The molecular formula is C35H72. The third-order valence-corrected chi connectivity index (χ3v) is 8.64. The number of rotatable bonds is 29. The third-order valence-electron chi connectivity index (χ3n) is 8.64. The predicted octanol–water partition coefficient (Wildman–Crippen LogP) is 13.5. The molecule has 0 heteroatoms. The largest absolute Gasteiger partial charge is 0.0654 e. The standard InChI is InChI=1S/C35H72/c1-6-8-10-12-14-16-18-20-22-24-28-34(4)30-26-32-35(5)31-25-29-33(3)27-23-21-19-17-15-13-11-9-7-2/h33-35H,6-32H2,1-5H3. The van der Waals surface area contributed by atoms with Gasteiger partial charge in [-0.05, 0) is 17.8 Å². The number of hydrogen-bond donors (Lipinski definition) is 0. The van der Waals surface area contributed by atoms with Crippen LogP contribution in [0.5, 0.6) is 0 Å². The Balaban J connectivity index is 3.39. The second kappa shape index (κ2) is 28.6. The van der Waals surface area contributed by atoms with Gasteiger partial charge in [-0.2, -0.15) is 0 Å². The average Bonchev–Trinajstić information content (AvgIpc) is 2.84. The summed E-state index contributed by atoms with van der Waals surface area (Å²) in [5, 5.41) is 0. The SMILES string of the molecule is CCCCCCCCCCCCC(C)CCCC(C)CCCC(C)CCCCCCCCCCC. The highest BCUT2D eigenvalue weighted by Crippen LogP contribution is 2.23. The Morgan fingerprint density at radius 2 is 0.457 bits per heavy atom. The van der Waals surface area contributed by atoms with Crippen molar-refractivity contribution in [2.24, 2.45) is 17.8 Å². The van der Waals surface area contributed by atoms with Crippen LogP contribution < -0.4 is 0 Å². The van der Waals surface area contributed by atoms with Crippen molar-refractivity contribution in [1.29, 1.82) is 0 Å². The van der Waals surface area contributed by atoms with E-state index in [9.17, 15) is 0 Å². The molecule has 0 aliphatic rings. The first-order chi connectivity index (χ1) is 17.1. The minimum absolute atomic E-state index is 0.944. The zero-order chi connectivity index (χ0) is 25.8. The Morgan fingerprint density at radius 1 is 0.257 bits per heavy atom. The monoisotopic (exact) mass is 493 g/mol. The van der Waals surface area contributed by atoms with E-state index in [1.807, 2.05) is 0 Å². The molecule has 0 spiro atoms. The summed E-state index contributed by atoms with van der Waals surface area (Å²) in [6, 6.07) is 0. The molecule has 0 aromatic carbocycles. The van der Waals surface area contributed by atoms with Gasteiger partial charge in [0, 0.05) is 0 Å². The van der Waals surface area contributed by atoms with E-state index in [0.29, 0.717) is 0 Å². The van der Waals surface area contributed by atoms with Crippen LogP contribution in [0.4, 0.5) is 0 Å². The van der Waals surface area contributed by atoms with Crippen LogP contribution in [0.3, 0.4) is 0 Å². The highest BCUT2D eigenvalue weighted by Gasteiger charge is 2.08. The Kier molecular flexibility index (Phi) is 28.6. The van der Waals surface area contributed by atoms with Gasteiger partial charge in [0.2, 0.25) is 0 Å². The van der Waals surface area contributed by atoms with Crippen molar-refractivity contribution in [2.75, 3.05) is 0 Å². The van der Waals surface area contributed by atoms with Gasteiger partial charge in [0.05, 0.1) is 0 Å². The molecule has 0 amide bonds. The van der Waals surface area contributed by atoms with E-state index in [1.54, 1.807) is 0 Å². The predicted molar refractivity (Wildman–Crippen MR) is 163 cm³/mol. The van der Waals surface area contributed by atoms with Gasteiger partial charge in [-0.1, -0.05) is 208 Å². The van der Waals surface area contributed by atoms with E-state index in [2.05, 4.69) is 34.6 Å². The van der Waals surface area contributed by atoms with Gasteiger partial charge >= 0.3 is 0 Å². The highest BCUT2D eigenvalue weighted by molar-refractivity contribution is 4.61. The molecule has 3 unspecified atom stereocenters. The zero-order valence-corrected chi connectivity index (χ0v) is 25.8. The van der Waals surface area contributed by atoms with E-state index in [4.69, 9.17) is 0 Å². The minimum atomic E-state index is 0.944. The quantitative estimate of drug-likeness (QED) is 0.0910. The van der Waals surface area contributed by atoms with Crippen LogP contribution >= 0.6 is 0 Å². The van der Waals surface area contributed by atoms with E-state index >= 15 is 0 Å². The molecule has 0 aromatic rings. The molecule has 3 atom stereocenters. The molecule has 0 nitrogen and oxygen atoms in total. The van der Waals surface area contributed by atoms with Crippen molar-refractivity contribution < 1.29 is 0 Å². The molecule has 212 valence electrons. The molecule has 0 heterocycles. The lowest BCUT2D eigenvalue weighted by atomic mass is 9.90. The molecule has 0 bridgehead atoms. The highest BCUT2D eigenvalue weighted by atomic mass is 14.1. The average molecular weight is 493 g/mol. The Bertz CT molecular complexity index is 372. The van der Waals surface area contributed by atoms with E-state index in [0.717, 1.165) is 17.8 Å². The van der Waals surface area contributed by atoms with E-state index < -0.39 is 0 Å². The van der Waals surface area contributed by atoms with Crippen molar-refractivity contribution in [3.63, 3.8) is 0 Å². The topological polar surface area (TPSA) is 0 Å². The molecule has 0 N–H and O–H groups in total. The normalized spacial score (nSPS) is 14.3. The van der Waals surface area contributed by atoms with Crippen molar-refractivity contribution >= 4 is 0 Å². The molecule has 0 rings (SSSR count). The summed E-state index contributed by atoms with van der Waals surface area (Å²) in [7, 11) is 0. The fraction of sp³-hybridized carbons (Fsp3) is 1.00. The van der Waals surface area contributed by atoms with E-state index in [-0.39, 0.29) is 0 Å². The van der Waals surface area contributed by atoms with Gasteiger partial charge in [-0.3, -0.25) is 0 Å². The third kappa shape index (κ3) is 28.4. The lowest BCUT2D eigenvalue weighted by Gasteiger charge is -2.16. The molecule has 0 aliphatic heterocycles. The summed E-state index contributed by atoms with van der Waals surface area (Å²) in [4.78, 5) is 0. The first kappa shape index (κ1) is 35.0. The Labute approximate surface area is 225 Å². The summed E-state index contributed by atoms with van der Waals surface area (Å²) in [6.45, 7) is 12.1. The Morgan fingerprint density at radius 3 is 0.714 bits per heavy atom. The van der Waals surface area contributed by atoms with Gasteiger partial charge in [-0.25, -0.2) is 0 Å². The molecule has 0 saturated carbocycles. The van der Waals surface area contributed by atoms with Crippen LogP contribution in [0, 0.1) is 17.8 Å². The minimum Gasteiger partial charge on any atom is -0.0654 e. The molecule has 0 saturated heterocycles. The molecule has 35 heavy (non-hydrogen) atoms. The zero-order valence-electron chi connectivity index (χ0n) is 25.8. The van der Waals surface area contributed by atoms with Crippen molar-refractivity contribution in [2.45, 2.75) is 208 Å². The van der Waals surface area contributed by atoms with Crippen LogP contribution in [0.15, 0.2) is 0 Å². The maximum atomic E-state index is 2.51. The number of hydrogen-bond acceptors (Lipinski definition) is 0. The van der Waals surface area contributed by atoms with Crippen molar-refractivity contribution in [3.8, 4) is 0 Å². The first-order valence-electron chi connectivity index (χ1n) is 17.1. The van der Waals surface area contributed by atoms with Crippen LogP contribution in [0.1, 0.15) is 208 Å². The fourth-order valence-electron chi connectivity index (χ4n) is 5.85. The fourth-order valence-corrected chi connectivity index (χ4v) is 5.85. The van der Waals surface area contributed by atoms with Crippen LogP contribution in [-0.4, -0.2) is 0 Å². The smallest absolute Gasteiger partial charge is 0.0443 e. The lowest BCUT2D eigenvalue weighted by molar-refractivity contribution is 0.373. The van der Waals surface area contributed by atoms with Gasteiger partial charge < -0.3 is 0 Å². The van der Waals surface area contributed by atoms with E-state index in [1.165, 1.54) is 173 Å². The molecule has 0 aromatic heterocycles. The maximum absolute atomic E-state index is 2.51. The van der Waals surface area contributed by atoms with Gasteiger partial charge in [0.15, 0.2) is 0 Å². The van der Waals surface area contributed by atoms with Crippen LogP contribution in [-0.2, 0) is 0 Å². The summed E-state index contributed by atoms with van der Waals surface area (Å²) >= 11 is 0. The molecule has 0 fully saturated rings. The van der Waals surface area contributed by atoms with Gasteiger partial charge in [0.1, 0.15) is 0 Å². The molecule has 0 radical (unpaired) electrons. The first-order valence-corrected chi connectivity index (χ1v) is 17.1. The molecule has 0 aliphatic carbocycles. The Hall–Kier alpha value is 0. The van der Waals surface area contributed by atoms with Crippen LogP contribution in [0.25, 0.3) is 0 Å². The second-order valence-electron chi connectivity index (χ2n) is 12.8. The summed E-state index contributed by atoms with van der Waals surface area (Å²) in [5.41, 5.74) is 0. The van der Waals surface area contributed by atoms with Gasteiger partial charge in [0.25, 0.3) is 0 Å². The molecular weight excluding hydrogens is 420 g/mol. The second-order valence-corrected chi connectivity index (χ2v) is 12.8. The summed E-state index contributed by atoms with van der Waals surface area (Å²) in [6.07, 6.45) is 39.5. The number of unbranched alkanes of at least 4 members (excludes halogenated alkanes) is 17. The van der Waals surface area contributed by atoms with Crippen molar-refractivity contribution in [3.05, 3.63) is 0 Å². The summed E-state index contributed by atoms with van der Waals surface area (Å²) in [5.74, 6) is 2.85. The summed E-state index contributed by atoms with van der Waals surface area (Å²) < 4.78 is 0. The lowest BCUT2D eigenvalue weighted by Crippen LogP contribution is -2.01. The van der Waals surface area contributed by atoms with Gasteiger partial charge in [-0.15, -0.1) is 0 Å². The van der Waals surface area contributed by atoms with Crippen LogP contribution in [0.2, 0.25) is 0 Å². The van der Waals surface area contributed by atoms with Crippen molar-refractivity contribution in [1.82, 2.24) is 0 Å². The maximum Gasteiger partial charge on any atom is -0.0443 e.